The van der Waals surface area contributed by atoms with E-state index in [-0.39, 0.29) is 11.9 Å². The van der Waals surface area contributed by atoms with Crippen molar-refractivity contribution >= 4 is 17.3 Å². The normalized spacial score (nSPS) is 11.6. The lowest BCUT2D eigenvalue weighted by Gasteiger charge is -2.16. The summed E-state index contributed by atoms with van der Waals surface area (Å²) in [5, 5.41) is 6.40. The number of amides is 1. The van der Waals surface area contributed by atoms with E-state index < -0.39 is 0 Å². The molecule has 25 heavy (non-hydrogen) atoms. The van der Waals surface area contributed by atoms with Crippen LogP contribution in [0.4, 0.5) is 11.4 Å². The smallest absolute Gasteiger partial charge is 0.228 e. The third-order valence-electron chi connectivity index (χ3n) is 4.06. The van der Waals surface area contributed by atoms with Gasteiger partial charge in [-0.25, -0.2) is 0 Å². The summed E-state index contributed by atoms with van der Waals surface area (Å²) in [7, 11) is 0. The van der Waals surface area contributed by atoms with Crippen LogP contribution in [0.1, 0.15) is 24.1 Å². The molecule has 0 radical (unpaired) electrons. The molecule has 1 atom stereocenters. The minimum Gasteiger partial charge on any atom is -0.379 e. The van der Waals surface area contributed by atoms with Crippen molar-refractivity contribution in [1.82, 2.24) is 0 Å². The molecule has 1 unspecified atom stereocenters. The Morgan fingerprint density at radius 3 is 2.00 bits per heavy atom. The zero-order valence-corrected chi connectivity index (χ0v) is 14.3. The Kier molecular flexibility index (Phi) is 5.47. The van der Waals surface area contributed by atoms with Gasteiger partial charge in [0.15, 0.2) is 0 Å². The van der Waals surface area contributed by atoms with Crippen LogP contribution in [-0.2, 0) is 11.2 Å². The zero-order chi connectivity index (χ0) is 17.5. The summed E-state index contributed by atoms with van der Waals surface area (Å²) in [6.07, 6.45) is 0.381. The van der Waals surface area contributed by atoms with Crippen LogP contribution < -0.4 is 10.6 Å². The van der Waals surface area contributed by atoms with Crippen LogP contribution in [0.25, 0.3) is 0 Å². The second-order valence-electron chi connectivity index (χ2n) is 6.06. The first kappa shape index (κ1) is 16.8. The van der Waals surface area contributed by atoms with Gasteiger partial charge in [-0.3, -0.25) is 4.79 Å². The highest BCUT2D eigenvalue weighted by Crippen LogP contribution is 2.20. The van der Waals surface area contributed by atoms with Crippen molar-refractivity contribution in [2.75, 3.05) is 10.6 Å². The predicted octanol–water partition coefficient (Wildman–Crippen LogP) is 5.04. The van der Waals surface area contributed by atoms with Crippen molar-refractivity contribution in [3.8, 4) is 0 Å². The Balaban J connectivity index is 1.56. The van der Waals surface area contributed by atoms with Gasteiger partial charge in [-0.2, -0.15) is 0 Å². The highest BCUT2D eigenvalue weighted by molar-refractivity contribution is 5.92. The van der Waals surface area contributed by atoms with Crippen LogP contribution in [0.2, 0.25) is 0 Å². The summed E-state index contributed by atoms with van der Waals surface area (Å²) in [6.45, 7) is 2.13. The summed E-state index contributed by atoms with van der Waals surface area (Å²) in [6, 6.07) is 28.1. The summed E-state index contributed by atoms with van der Waals surface area (Å²) < 4.78 is 0. The SMILES string of the molecule is CC(Nc1ccc(NC(=O)Cc2ccccc2)cc1)c1ccccc1. The Morgan fingerprint density at radius 1 is 0.800 bits per heavy atom. The van der Waals surface area contributed by atoms with Crippen LogP contribution >= 0.6 is 0 Å². The second kappa shape index (κ2) is 8.15. The van der Waals surface area contributed by atoms with Crippen LogP contribution in [0.5, 0.6) is 0 Å². The Morgan fingerprint density at radius 2 is 1.36 bits per heavy atom. The first-order valence-electron chi connectivity index (χ1n) is 8.46. The molecule has 3 heteroatoms. The van der Waals surface area contributed by atoms with E-state index in [0.29, 0.717) is 6.42 Å². The molecule has 0 aromatic heterocycles. The van der Waals surface area contributed by atoms with E-state index in [1.165, 1.54) is 5.56 Å². The Bertz CT molecular complexity index is 798. The highest BCUT2D eigenvalue weighted by atomic mass is 16.1. The fraction of sp³-hybridized carbons (Fsp3) is 0.136. The van der Waals surface area contributed by atoms with E-state index in [4.69, 9.17) is 0 Å². The summed E-state index contributed by atoms with van der Waals surface area (Å²) in [5.41, 5.74) is 4.08. The highest BCUT2D eigenvalue weighted by Gasteiger charge is 2.06. The molecular weight excluding hydrogens is 308 g/mol. The third-order valence-corrected chi connectivity index (χ3v) is 4.06. The van der Waals surface area contributed by atoms with Gasteiger partial charge in [0.1, 0.15) is 0 Å². The van der Waals surface area contributed by atoms with Gasteiger partial charge >= 0.3 is 0 Å². The molecule has 0 bridgehead atoms. The van der Waals surface area contributed by atoms with E-state index in [2.05, 4.69) is 29.7 Å². The van der Waals surface area contributed by atoms with Crippen LogP contribution in [0.3, 0.4) is 0 Å². The minimum absolute atomic E-state index is 0.00966. The number of nitrogens with one attached hydrogen (secondary N) is 2. The summed E-state index contributed by atoms with van der Waals surface area (Å²) in [5.74, 6) is -0.00966. The van der Waals surface area contributed by atoms with Crippen molar-refractivity contribution < 1.29 is 4.79 Å². The van der Waals surface area contributed by atoms with Crippen LogP contribution in [-0.4, -0.2) is 5.91 Å². The maximum atomic E-state index is 12.1. The van der Waals surface area contributed by atoms with Crippen molar-refractivity contribution in [1.29, 1.82) is 0 Å². The number of anilines is 2. The number of hydrogen-bond donors (Lipinski definition) is 2. The molecule has 0 saturated carbocycles. The monoisotopic (exact) mass is 330 g/mol. The van der Waals surface area contributed by atoms with Gasteiger partial charge in [0, 0.05) is 17.4 Å². The van der Waals surface area contributed by atoms with E-state index in [1.54, 1.807) is 0 Å². The molecule has 3 aromatic carbocycles. The fourth-order valence-corrected chi connectivity index (χ4v) is 2.71. The lowest BCUT2D eigenvalue weighted by Crippen LogP contribution is -2.14. The zero-order valence-electron chi connectivity index (χ0n) is 14.3. The molecule has 3 rings (SSSR count). The standard InChI is InChI=1S/C22H22N2O/c1-17(19-10-6-3-7-11-19)23-20-12-14-21(15-13-20)24-22(25)16-18-8-4-2-5-9-18/h2-15,17,23H,16H2,1H3,(H,24,25). The van der Waals surface area contributed by atoms with E-state index in [1.807, 2.05) is 72.8 Å². The maximum Gasteiger partial charge on any atom is 0.228 e. The topological polar surface area (TPSA) is 41.1 Å². The minimum atomic E-state index is -0.00966. The van der Waals surface area contributed by atoms with Gasteiger partial charge < -0.3 is 10.6 Å². The lowest BCUT2D eigenvalue weighted by atomic mass is 10.1. The predicted molar refractivity (Wildman–Crippen MR) is 104 cm³/mol. The molecule has 0 spiro atoms. The maximum absolute atomic E-state index is 12.1. The number of carbonyl (C=O) groups excluding carboxylic acids is 1. The van der Waals surface area contributed by atoms with Crippen molar-refractivity contribution in [3.63, 3.8) is 0 Å². The molecule has 3 aromatic rings. The molecule has 0 heterocycles. The molecule has 2 N–H and O–H groups in total. The largest absolute Gasteiger partial charge is 0.379 e. The Hall–Kier alpha value is -3.07. The Labute approximate surface area is 148 Å². The quantitative estimate of drug-likeness (QED) is 0.665. The number of rotatable bonds is 6. The molecule has 0 aliphatic heterocycles. The van der Waals surface area contributed by atoms with E-state index in [0.717, 1.165) is 16.9 Å². The first-order valence-corrected chi connectivity index (χ1v) is 8.46. The van der Waals surface area contributed by atoms with Crippen molar-refractivity contribution in [3.05, 3.63) is 96.1 Å². The summed E-state index contributed by atoms with van der Waals surface area (Å²) in [4.78, 5) is 12.1. The first-order chi connectivity index (χ1) is 12.2. The van der Waals surface area contributed by atoms with Gasteiger partial charge in [-0.05, 0) is 42.3 Å². The molecule has 0 saturated heterocycles. The van der Waals surface area contributed by atoms with E-state index in [9.17, 15) is 4.79 Å². The summed E-state index contributed by atoms with van der Waals surface area (Å²) >= 11 is 0. The number of carbonyl (C=O) groups is 1. The van der Waals surface area contributed by atoms with Crippen LogP contribution in [0, 0.1) is 0 Å². The molecule has 0 aliphatic carbocycles. The molecule has 126 valence electrons. The fourth-order valence-electron chi connectivity index (χ4n) is 2.71. The lowest BCUT2D eigenvalue weighted by molar-refractivity contribution is -0.115. The van der Waals surface area contributed by atoms with Gasteiger partial charge in [0.05, 0.1) is 6.42 Å². The van der Waals surface area contributed by atoms with Gasteiger partial charge in [0.2, 0.25) is 5.91 Å². The van der Waals surface area contributed by atoms with Crippen molar-refractivity contribution in [2.45, 2.75) is 19.4 Å². The molecule has 0 fully saturated rings. The van der Waals surface area contributed by atoms with Gasteiger partial charge in [0.25, 0.3) is 0 Å². The number of benzene rings is 3. The second-order valence-corrected chi connectivity index (χ2v) is 6.06. The van der Waals surface area contributed by atoms with Crippen molar-refractivity contribution in [2.24, 2.45) is 0 Å². The molecular formula is C22H22N2O. The average Bonchev–Trinajstić information content (AvgIpc) is 2.65. The molecule has 0 aliphatic rings. The number of hydrogen-bond acceptors (Lipinski definition) is 2. The van der Waals surface area contributed by atoms with Crippen LogP contribution in [0.15, 0.2) is 84.9 Å². The average molecular weight is 330 g/mol. The molecule has 1 amide bonds. The van der Waals surface area contributed by atoms with E-state index >= 15 is 0 Å². The molecule has 3 nitrogen and oxygen atoms in total. The van der Waals surface area contributed by atoms with Gasteiger partial charge in [-0.15, -0.1) is 0 Å². The van der Waals surface area contributed by atoms with Gasteiger partial charge in [-0.1, -0.05) is 60.7 Å². The third kappa shape index (κ3) is 4.95.